The van der Waals surface area contributed by atoms with Crippen molar-refractivity contribution < 1.29 is 28.2 Å². The van der Waals surface area contributed by atoms with Crippen LogP contribution in [0.3, 0.4) is 0 Å². The van der Waals surface area contributed by atoms with E-state index in [0.29, 0.717) is 6.07 Å². The van der Waals surface area contributed by atoms with Gasteiger partial charge in [0.25, 0.3) is 0 Å². The van der Waals surface area contributed by atoms with Crippen molar-refractivity contribution in [2.24, 2.45) is 0 Å². The topological polar surface area (TPSA) is 66.8 Å². The van der Waals surface area contributed by atoms with Gasteiger partial charge in [0, 0.05) is 12.1 Å². The van der Waals surface area contributed by atoms with Crippen LogP contribution in [0.4, 0.5) is 8.78 Å². The second-order valence-corrected chi connectivity index (χ2v) is 5.11. The average molecular weight is 299 g/mol. The molecule has 1 heterocycles. The quantitative estimate of drug-likeness (QED) is 0.923. The zero-order valence-electron chi connectivity index (χ0n) is 11.5. The SMILES string of the molecule is CC(C)N1C(=O)COC(C(=O)O)C1c1cc(F)cc(F)c1. The standard InChI is InChI=1S/C14H15F2NO4/c1-7(2)17-11(18)6-21-13(14(19)20)12(17)8-3-9(15)5-10(16)4-8/h3-5,7,12-13H,6H2,1-2H3,(H,19,20). The molecule has 21 heavy (non-hydrogen) atoms. The van der Waals surface area contributed by atoms with Crippen LogP contribution in [0.1, 0.15) is 25.5 Å². The summed E-state index contributed by atoms with van der Waals surface area (Å²) in [4.78, 5) is 24.6. The van der Waals surface area contributed by atoms with Crippen LogP contribution >= 0.6 is 0 Å². The van der Waals surface area contributed by atoms with Crippen molar-refractivity contribution in [2.45, 2.75) is 32.0 Å². The minimum Gasteiger partial charge on any atom is -0.479 e. The van der Waals surface area contributed by atoms with Crippen molar-refractivity contribution in [3.8, 4) is 0 Å². The number of carboxylic acid groups (broad SMARTS) is 1. The van der Waals surface area contributed by atoms with E-state index in [-0.39, 0.29) is 18.2 Å². The van der Waals surface area contributed by atoms with E-state index in [1.54, 1.807) is 13.8 Å². The molecule has 0 radical (unpaired) electrons. The van der Waals surface area contributed by atoms with Crippen LogP contribution in [-0.4, -0.2) is 40.6 Å². The number of aliphatic carboxylic acids is 1. The Hall–Kier alpha value is -2.02. The van der Waals surface area contributed by atoms with Crippen molar-refractivity contribution in [3.63, 3.8) is 0 Å². The number of benzene rings is 1. The molecular formula is C14H15F2NO4. The molecule has 2 rings (SSSR count). The maximum atomic E-state index is 13.4. The minimum atomic E-state index is -1.37. The van der Waals surface area contributed by atoms with E-state index in [0.717, 1.165) is 12.1 Å². The lowest BCUT2D eigenvalue weighted by Crippen LogP contribution is -2.54. The molecule has 2 unspecified atom stereocenters. The van der Waals surface area contributed by atoms with Gasteiger partial charge in [0.1, 0.15) is 18.2 Å². The number of carbonyl (C=O) groups is 2. The summed E-state index contributed by atoms with van der Waals surface area (Å²) < 4.78 is 31.9. The molecule has 1 fully saturated rings. The van der Waals surface area contributed by atoms with E-state index in [9.17, 15) is 23.5 Å². The molecule has 0 aromatic heterocycles. The van der Waals surface area contributed by atoms with E-state index in [1.807, 2.05) is 0 Å². The maximum absolute atomic E-state index is 13.4. The molecule has 1 aliphatic heterocycles. The summed E-state index contributed by atoms with van der Waals surface area (Å²) in [5.74, 6) is -3.38. The highest BCUT2D eigenvalue weighted by molar-refractivity contribution is 5.83. The lowest BCUT2D eigenvalue weighted by Gasteiger charge is -2.41. The van der Waals surface area contributed by atoms with E-state index in [4.69, 9.17) is 4.74 Å². The third kappa shape index (κ3) is 3.02. The highest BCUT2D eigenvalue weighted by Crippen LogP contribution is 2.32. The molecule has 0 bridgehead atoms. The summed E-state index contributed by atoms with van der Waals surface area (Å²) >= 11 is 0. The van der Waals surface area contributed by atoms with Gasteiger partial charge in [0.05, 0.1) is 6.04 Å². The first-order valence-corrected chi connectivity index (χ1v) is 6.43. The number of halogens is 2. The lowest BCUT2D eigenvalue weighted by atomic mass is 9.96. The second kappa shape index (κ2) is 5.77. The van der Waals surface area contributed by atoms with Gasteiger partial charge < -0.3 is 14.7 Å². The summed E-state index contributed by atoms with van der Waals surface area (Å²) in [6, 6.07) is 1.31. The number of nitrogens with zero attached hydrogens (tertiary/aromatic N) is 1. The van der Waals surface area contributed by atoms with Crippen LogP contribution in [0.5, 0.6) is 0 Å². The van der Waals surface area contributed by atoms with Gasteiger partial charge in [-0.1, -0.05) is 0 Å². The number of rotatable bonds is 3. The molecule has 1 aliphatic rings. The summed E-state index contributed by atoms with van der Waals surface area (Å²) in [6.45, 7) is 3.03. The molecule has 0 saturated carbocycles. The Bertz CT molecular complexity index is 556. The van der Waals surface area contributed by atoms with Gasteiger partial charge >= 0.3 is 5.97 Å². The van der Waals surface area contributed by atoms with Crippen LogP contribution in [0.2, 0.25) is 0 Å². The highest BCUT2D eigenvalue weighted by Gasteiger charge is 2.43. The van der Waals surface area contributed by atoms with Gasteiger partial charge in [0.2, 0.25) is 5.91 Å². The second-order valence-electron chi connectivity index (χ2n) is 5.11. The number of amides is 1. The Balaban J connectivity index is 2.53. The van der Waals surface area contributed by atoms with Gasteiger partial charge in [-0.25, -0.2) is 13.6 Å². The number of ether oxygens (including phenoxy) is 1. The first kappa shape index (κ1) is 15.4. The fourth-order valence-corrected chi connectivity index (χ4v) is 2.52. The molecule has 5 nitrogen and oxygen atoms in total. The van der Waals surface area contributed by atoms with Gasteiger partial charge in [-0.05, 0) is 31.5 Å². The zero-order valence-corrected chi connectivity index (χ0v) is 11.5. The summed E-state index contributed by atoms with van der Waals surface area (Å²) in [5.41, 5.74) is 0.0571. The molecule has 1 aromatic carbocycles. The molecule has 0 aliphatic carbocycles. The highest BCUT2D eigenvalue weighted by atomic mass is 19.1. The smallest absolute Gasteiger partial charge is 0.335 e. The molecule has 0 spiro atoms. The third-order valence-electron chi connectivity index (χ3n) is 3.29. The lowest BCUT2D eigenvalue weighted by molar-refractivity contribution is -0.175. The van der Waals surface area contributed by atoms with Crippen molar-refractivity contribution in [2.75, 3.05) is 6.61 Å². The van der Waals surface area contributed by atoms with E-state index in [2.05, 4.69) is 0 Å². The Labute approximate surface area is 120 Å². The summed E-state index contributed by atoms with van der Waals surface area (Å²) in [5, 5.41) is 9.24. The molecule has 7 heteroatoms. The normalized spacial score (nSPS) is 22.7. The monoisotopic (exact) mass is 299 g/mol. The van der Waals surface area contributed by atoms with Gasteiger partial charge in [-0.3, -0.25) is 4.79 Å². The Kier molecular flexibility index (Phi) is 4.22. The van der Waals surface area contributed by atoms with Crippen molar-refractivity contribution >= 4 is 11.9 Å². The molecule has 1 aromatic rings. The number of carbonyl (C=O) groups excluding carboxylic acids is 1. The molecule has 2 atom stereocenters. The first-order valence-electron chi connectivity index (χ1n) is 6.43. The van der Waals surface area contributed by atoms with Gasteiger partial charge in [-0.15, -0.1) is 0 Å². The number of morpholine rings is 1. The predicted octanol–water partition coefficient (Wildman–Crippen LogP) is 1.73. The molecule has 1 amide bonds. The molecular weight excluding hydrogens is 284 g/mol. The Morgan fingerprint density at radius 3 is 2.38 bits per heavy atom. The zero-order chi connectivity index (χ0) is 15.7. The average Bonchev–Trinajstić information content (AvgIpc) is 2.36. The number of carboxylic acids is 1. The van der Waals surface area contributed by atoms with E-state index >= 15 is 0 Å². The Morgan fingerprint density at radius 2 is 1.90 bits per heavy atom. The number of hydrogen-bond donors (Lipinski definition) is 1. The predicted molar refractivity (Wildman–Crippen MR) is 68.5 cm³/mol. The van der Waals surface area contributed by atoms with E-state index < -0.39 is 35.7 Å². The van der Waals surface area contributed by atoms with Crippen LogP contribution in [-0.2, 0) is 14.3 Å². The van der Waals surface area contributed by atoms with Crippen molar-refractivity contribution in [1.82, 2.24) is 4.90 Å². The van der Waals surface area contributed by atoms with Gasteiger partial charge in [-0.2, -0.15) is 0 Å². The maximum Gasteiger partial charge on any atom is 0.335 e. The Morgan fingerprint density at radius 1 is 1.33 bits per heavy atom. The number of hydrogen-bond acceptors (Lipinski definition) is 3. The fraction of sp³-hybridized carbons (Fsp3) is 0.429. The van der Waals surface area contributed by atoms with Crippen LogP contribution in [0.25, 0.3) is 0 Å². The third-order valence-corrected chi connectivity index (χ3v) is 3.29. The fourth-order valence-electron chi connectivity index (χ4n) is 2.52. The van der Waals surface area contributed by atoms with Crippen LogP contribution < -0.4 is 0 Å². The summed E-state index contributed by atoms with van der Waals surface area (Å²) in [6.07, 6.45) is -1.37. The van der Waals surface area contributed by atoms with E-state index in [1.165, 1.54) is 4.90 Å². The van der Waals surface area contributed by atoms with Crippen LogP contribution in [0.15, 0.2) is 18.2 Å². The minimum absolute atomic E-state index is 0.0571. The molecule has 1 N–H and O–H groups in total. The molecule has 1 saturated heterocycles. The largest absolute Gasteiger partial charge is 0.479 e. The van der Waals surface area contributed by atoms with Gasteiger partial charge in [0.15, 0.2) is 6.10 Å². The summed E-state index contributed by atoms with van der Waals surface area (Å²) in [7, 11) is 0. The van der Waals surface area contributed by atoms with Crippen molar-refractivity contribution in [1.29, 1.82) is 0 Å². The first-order chi connectivity index (χ1) is 9.81. The molecule has 114 valence electrons. The van der Waals surface area contributed by atoms with Crippen LogP contribution in [0, 0.1) is 11.6 Å². The van der Waals surface area contributed by atoms with Crippen molar-refractivity contribution in [3.05, 3.63) is 35.4 Å².